The Balaban J connectivity index is 1.69. The zero-order chi connectivity index (χ0) is 19.4. The molecule has 0 aliphatic rings. The molecule has 1 heterocycles. The van der Waals surface area contributed by atoms with Crippen LogP contribution in [0.5, 0.6) is 0 Å². The smallest absolute Gasteiger partial charge is 0.237 e. The summed E-state index contributed by atoms with van der Waals surface area (Å²) in [6.45, 7) is 6.00. The molecule has 3 rings (SSSR count). The predicted molar refractivity (Wildman–Crippen MR) is 105 cm³/mol. The molecule has 1 aromatic heterocycles. The fourth-order valence-corrected chi connectivity index (χ4v) is 3.42. The average Bonchev–Trinajstić information content (AvgIpc) is 2.99. The Morgan fingerprint density at radius 3 is 2.63 bits per heavy atom. The van der Waals surface area contributed by atoms with Gasteiger partial charge in [0, 0.05) is 5.69 Å². The lowest BCUT2D eigenvalue weighted by Gasteiger charge is -2.13. The maximum atomic E-state index is 13.7. The van der Waals surface area contributed by atoms with Crippen molar-refractivity contribution < 1.29 is 9.18 Å². The van der Waals surface area contributed by atoms with E-state index < -0.39 is 5.25 Å². The number of nitrogens with zero attached hydrogens (tertiary/aromatic N) is 3. The van der Waals surface area contributed by atoms with Gasteiger partial charge in [-0.15, -0.1) is 10.2 Å². The van der Waals surface area contributed by atoms with Gasteiger partial charge in [0.25, 0.3) is 0 Å². The average molecular weight is 384 g/mol. The van der Waals surface area contributed by atoms with Gasteiger partial charge in [0.05, 0.1) is 11.8 Å². The summed E-state index contributed by atoms with van der Waals surface area (Å²) in [4.78, 5) is 12.5. The number of hydrogen-bond acceptors (Lipinski definition) is 4. The van der Waals surface area contributed by atoms with Crippen molar-refractivity contribution in [2.75, 3.05) is 5.32 Å². The van der Waals surface area contributed by atoms with E-state index in [4.69, 9.17) is 0 Å². The van der Waals surface area contributed by atoms with E-state index in [9.17, 15) is 9.18 Å². The Morgan fingerprint density at radius 1 is 1.19 bits per heavy atom. The van der Waals surface area contributed by atoms with Crippen LogP contribution in [-0.2, 0) is 11.3 Å². The Labute approximate surface area is 162 Å². The highest BCUT2D eigenvalue weighted by molar-refractivity contribution is 8.00. The van der Waals surface area contributed by atoms with Crippen LogP contribution >= 0.6 is 11.8 Å². The van der Waals surface area contributed by atoms with Crippen molar-refractivity contribution in [2.24, 2.45) is 0 Å². The van der Waals surface area contributed by atoms with Gasteiger partial charge in [-0.25, -0.2) is 4.39 Å². The number of nitrogens with one attached hydrogen (secondary N) is 1. The summed E-state index contributed by atoms with van der Waals surface area (Å²) in [6, 6.07) is 14.7. The maximum Gasteiger partial charge on any atom is 0.237 e. The molecule has 0 saturated heterocycles. The third-order valence-electron chi connectivity index (χ3n) is 4.18. The second-order valence-electron chi connectivity index (χ2n) is 6.31. The molecule has 0 fully saturated rings. The molecule has 0 aliphatic heterocycles. The number of thioether (sulfide) groups is 1. The van der Waals surface area contributed by atoms with Gasteiger partial charge >= 0.3 is 0 Å². The van der Waals surface area contributed by atoms with Crippen LogP contribution in [0.4, 0.5) is 10.1 Å². The van der Waals surface area contributed by atoms with Gasteiger partial charge in [-0.1, -0.05) is 48.2 Å². The molecule has 0 aliphatic carbocycles. The molecule has 5 nitrogen and oxygen atoms in total. The van der Waals surface area contributed by atoms with E-state index in [1.807, 2.05) is 41.8 Å². The number of halogens is 1. The largest absolute Gasteiger partial charge is 0.325 e. The van der Waals surface area contributed by atoms with Crippen molar-refractivity contribution in [3.63, 3.8) is 0 Å². The number of carbonyl (C=O) groups excluding carboxylic acids is 1. The number of amides is 1. The molecule has 0 saturated carbocycles. The third-order valence-corrected chi connectivity index (χ3v) is 5.26. The number of aryl methyl sites for hydroxylation is 2. The van der Waals surface area contributed by atoms with Gasteiger partial charge in [-0.2, -0.15) is 0 Å². The molecule has 1 N–H and O–H groups in total. The molecule has 0 bridgehead atoms. The van der Waals surface area contributed by atoms with Gasteiger partial charge in [0.1, 0.15) is 11.6 Å². The highest BCUT2D eigenvalue weighted by atomic mass is 32.2. The Morgan fingerprint density at radius 2 is 1.93 bits per heavy atom. The fourth-order valence-electron chi connectivity index (χ4n) is 2.52. The van der Waals surface area contributed by atoms with E-state index >= 15 is 0 Å². The summed E-state index contributed by atoms with van der Waals surface area (Å²) in [5, 5.41) is 11.4. The first-order valence-corrected chi connectivity index (χ1v) is 9.49. The van der Waals surface area contributed by atoms with Crippen molar-refractivity contribution in [1.82, 2.24) is 14.8 Å². The molecule has 2 aromatic carbocycles. The van der Waals surface area contributed by atoms with Crippen LogP contribution in [0.1, 0.15) is 23.9 Å². The minimum Gasteiger partial charge on any atom is -0.325 e. The van der Waals surface area contributed by atoms with Crippen molar-refractivity contribution in [1.29, 1.82) is 0 Å². The predicted octanol–water partition coefficient (Wildman–Crippen LogP) is 4.20. The number of benzene rings is 2. The summed E-state index contributed by atoms with van der Waals surface area (Å²) in [5.74, 6) is 0.232. The van der Waals surface area contributed by atoms with Gasteiger partial charge in [0.2, 0.25) is 5.91 Å². The number of aromatic nitrogens is 3. The van der Waals surface area contributed by atoms with Crippen LogP contribution < -0.4 is 5.32 Å². The lowest BCUT2D eigenvalue weighted by molar-refractivity contribution is -0.115. The van der Waals surface area contributed by atoms with Gasteiger partial charge < -0.3 is 9.88 Å². The Bertz CT molecular complexity index is 942. The molecule has 1 amide bonds. The molecule has 140 valence electrons. The standard InChI is InChI=1S/C20H21FN4OS/c1-13-9-10-17(11-18(13)21)22-19(26)14(2)27-20-24-23-15(3)25(20)12-16-7-5-4-6-8-16/h4-11,14H,12H2,1-3H3,(H,22,26)/t14-/m0/s1. The van der Waals surface area contributed by atoms with Crippen LogP contribution in [0.25, 0.3) is 0 Å². The van der Waals surface area contributed by atoms with E-state index in [1.165, 1.54) is 17.8 Å². The molecular weight excluding hydrogens is 363 g/mol. The summed E-state index contributed by atoms with van der Waals surface area (Å²) in [5.41, 5.74) is 2.12. The monoisotopic (exact) mass is 384 g/mol. The molecule has 0 spiro atoms. The van der Waals surface area contributed by atoms with Gasteiger partial charge in [0.15, 0.2) is 5.16 Å². The van der Waals surface area contributed by atoms with E-state index in [0.717, 1.165) is 11.4 Å². The number of hydrogen-bond donors (Lipinski definition) is 1. The maximum absolute atomic E-state index is 13.7. The highest BCUT2D eigenvalue weighted by Crippen LogP contribution is 2.24. The second kappa shape index (κ2) is 8.35. The Kier molecular flexibility index (Phi) is 5.91. The normalized spacial score (nSPS) is 12.0. The first kappa shape index (κ1) is 19.1. The summed E-state index contributed by atoms with van der Waals surface area (Å²) in [6.07, 6.45) is 0. The van der Waals surface area contributed by atoms with Crippen molar-refractivity contribution in [3.05, 3.63) is 71.3 Å². The number of anilines is 1. The van der Waals surface area contributed by atoms with Crippen LogP contribution in [0.3, 0.4) is 0 Å². The van der Waals surface area contributed by atoms with Crippen LogP contribution in [-0.4, -0.2) is 25.9 Å². The lowest BCUT2D eigenvalue weighted by atomic mass is 10.2. The third kappa shape index (κ3) is 4.74. The highest BCUT2D eigenvalue weighted by Gasteiger charge is 2.19. The van der Waals surface area contributed by atoms with Crippen molar-refractivity contribution in [2.45, 2.75) is 37.7 Å². The summed E-state index contributed by atoms with van der Waals surface area (Å²) in [7, 11) is 0. The zero-order valence-electron chi connectivity index (χ0n) is 15.4. The molecule has 1 atom stereocenters. The lowest BCUT2D eigenvalue weighted by Crippen LogP contribution is -2.23. The fraction of sp³-hybridized carbons (Fsp3) is 0.250. The summed E-state index contributed by atoms with van der Waals surface area (Å²) < 4.78 is 15.6. The van der Waals surface area contributed by atoms with Gasteiger partial charge in [-0.3, -0.25) is 4.79 Å². The topological polar surface area (TPSA) is 59.8 Å². The van der Waals surface area contributed by atoms with Gasteiger partial charge in [-0.05, 0) is 44.0 Å². The SMILES string of the molecule is Cc1ccc(NC(=O)[C@H](C)Sc2nnc(C)n2Cc2ccccc2)cc1F. The van der Waals surface area contributed by atoms with Crippen LogP contribution in [0.15, 0.2) is 53.7 Å². The van der Waals surface area contributed by atoms with Crippen molar-refractivity contribution in [3.8, 4) is 0 Å². The van der Waals surface area contributed by atoms with E-state index in [-0.39, 0.29) is 11.7 Å². The molecule has 27 heavy (non-hydrogen) atoms. The number of carbonyl (C=O) groups is 1. The number of rotatable bonds is 6. The summed E-state index contributed by atoms with van der Waals surface area (Å²) >= 11 is 1.33. The van der Waals surface area contributed by atoms with Crippen LogP contribution in [0, 0.1) is 19.7 Å². The molecule has 7 heteroatoms. The van der Waals surface area contributed by atoms with Crippen LogP contribution in [0.2, 0.25) is 0 Å². The minimum absolute atomic E-state index is 0.213. The van der Waals surface area contributed by atoms with Crippen molar-refractivity contribution >= 4 is 23.4 Å². The quantitative estimate of drug-likeness (QED) is 0.647. The van der Waals surface area contributed by atoms with E-state index in [0.29, 0.717) is 23.0 Å². The minimum atomic E-state index is -0.410. The molecule has 3 aromatic rings. The second-order valence-corrected chi connectivity index (χ2v) is 7.62. The van der Waals surface area contributed by atoms with E-state index in [1.54, 1.807) is 26.0 Å². The first-order valence-electron chi connectivity index (χ1n) is 8.61. The zero-order valence-corrected chi connectivity index (χ0v) is 16.3. The Hall–Kier alpha value is -2.67. The first-order chi connectivity index (χ1) is 12.9. The van der Waals surface area contributed by atoms with E-state index in [2.05, 4.69) is 15.5 Å². The molecule has 0 radical (unpaired) electrons. The molecule has 0 unspecified atom stereocenters. The molecular formula is C20H21FN4OS.